The second-order valence-electron chi connectivity index (χ2n) is 4.91. The number of hydrogen-bond acceptors (Lipinski definition) is 5. The minimum atomic E-state index is -2.93. The Morgan fingerprint density at radius 1 is 1.32 bits per heavy atom. The molecule has 0 aromatic carbocycles. The van der Waals surface area contributed by atoms with Crippen LogP contribution in [0, 0.1) is 0 Å². The lowest BCUT2D eigenvalue weighted by Gasteiger charge is -2.09. The molecule has 0 amide bonds. The number of aromatic nitrogens is 3. The number of rotatable bonds is 6. The van der Waals surface area contributed by atoms with Gasteiger partial charge in [0.15, 0.2) is 0 Å². The molecule has 8 heteroatoms. The fraction of sp³-hybridized carbons (Fsp3) is 0.818. The number of fused-ring (bicyclic) bond motifs is 1. The predicted molar refractivity (Wildman–Crippen MR) is 72.0 cm³/mol. The highest BCUT2D eigenvalue weighted by atomic mass is 32.2. The molecule has 2 rings (SSSR count). The monoisotopic (exact) mass is 288 g/mol. The molecule has 1 aliphatic rings. The summed E-state index contributed by atoms with van der Waals surface area (Å²) < 4.78 is 25.1. The molecule has 0 unspecified atom stereocenters. The van der Waals surface area contributed by atoms with Crippen LogP contribution in [0.1, 0.15) is 18.7 Å². The summed E-state index contributed by atoms with van der Waals surface area (Å²) in [6, 6.07) is 0. The second kappa shape index (κ2) is 5.87. The lowest BCUT2D eigenvalue weighted by molar-refractivity contribution is 0.509. The van der Waals surface area contributed by atoms with Gasteiger partial charge in [-0.15, -0.1) is 0 Å². The Kier molecular flexibility index (Phi) is 4.41. The molecule has 0 spiro atoms. The molecule has 2 heterocycles. The maximum Gasteiger partial charge on any atom is 0.345 e. The lowest BCUT2D eigenvalue weighted by Crippen LogP contribution is -2.31. The molecule has 1 aliphatic heterocycles. The van der Waals surface area contributed by atoms with Crippen molar-refractivity contribution >= 4 is 9.84 Å². The van der Waals surface area contributed by atoms with E-state index in [0.717, 1.165) is 31.6 Å². The Balaban J connectivity index is 1.84. The molecule has 1 N–H and O–H groups in total. The van der Waals surface area contributed by atoms with Gasteiger partial charge < -0.3 is 5.32 Å². The maximum atomic E-state index is 12.0. The van der Waals surface area contributed by atoms with Crippen molar-refractivity contribution < 1.29 is 8.42 Å². The van der Waals surface area contributed by atoms with E-state index in [1.54, 1.807) is 4.57 Å². The van der Waals surface area contributed by atoms with Gasteiger partial charge in [-0.05, 0) is 12.8 Å². The zero-order chi connectivity index (χ0) is 13.9. The van der Waals surface area contributed by atoms with Gasteiger partial charge in [-0.1, -0.05) is 0 Å². The van der Waals surface area contributed by atoms with Crippen molar-refractivity contribution in [1.29, 1.82) is 0 Å². The Morgan fingerprint density at radius 2 is 2.11 bits per heavy atom. The van der Waals surface area contributed by atoms with Crippen LogP contribution in [0.25, 0.3) is 0 Å². The summed E-state index contributed by atoms with van der Waals surface area (Å²) in [4.78, 5) is 12.0. The van der Waals surface area contributed by atoms with Crippen molar-refractivity contribution in [1.82, 2.24) is 19.7 Å². The average molecular weight is 288 g/mol. The molecule has 7 nitrogen and oxygen atoms in total. The van der Waals surface area contributed by atoms with Crippen molar-refractivity contribution in [3.63, 3.8) is 0 Å². The van der Waals surface area contributed by atoms with Gasteiger partial charge in [0.1, 0.15) is 15.7 Å². The Morgan fingerprint density at radius 3 is 2.79 bits per heavy atom. The molecule has 0 atom stereocenters. The number of aryl methyl sites for hydroxylation is 1. The van der Waals surface area contributed by atoms with Crippen LogP contribution >= 0.6 is 0 Å². The van der Waals surface area contributed by atoms with E-state index in [-0.39, 0.29) is 11.4 Å². The molecule has 0 fully saturated rings. The van der Waals surface area contributed by atoms with Crippen LogP contribution in [0.3, 0.4) is 0 Å². The van der Waals surface area contributed by atoms with Gasteiger partial charge in [0, 0.05) is 32.3 Å². The standard InChI is InChI=1S/C11H20N4O3S/c1-19(17,18)9-6-12-5-8-15-11(16)14-7-3-2-4-10(14)13-15/h12H,2-9H2,1H3. The van der Waals surface area contributed by atoms with Gasteiger partial charge in [0.05, 0.1) is 12.3 Å². The van der Waals surface area contributed by atoms with Gasteiger partial charge in [0.25, 0.3) is 0 Å². The van der Waals surface area contributed by atoms with Crippen molar-refractivity contribution in [2.24, 2.45) is 0 Å². The molecular formula is C11H20N4O3S. The van der Waals surface area contributed by atoms with Gasteiger partial charge in [-0.3, -0.25) is 4.57 Å². The molecule has 0 bridgehead atoms. The molecule has 1 aromatic heterocycles. The minimum absolute atomic E-state index is 0.0559. The van der Waals surface area contributed by atoms with Crippen LogP contribution < -0.4 is 11.0 Å². The molecule has 0 radical (unpaired) electrons. The third kappa shape index (κ3) is 3.90. The van der Waals surface area contributed by atoms with E-state index in [9.17, 15) is 13.2 Å². The fourth-order valence-electron chi connectivity index (χ4n) is 2.16. The highest BCUT2D eigenvalue weighted by Crippen LogP contribution is 2.08. The van der Waals surface area contributed by atoms with Crippen LogP contribution in [-0.4, -0.2) is 47.9 Å². The SMILES string of the molecule is CS(=O)(=O)CCNCCn1nc2n(c1=O)CCCC2. The van der Waals surface area contributed by atoms with E-state index in [4.69, 9.17) is 0 Å². The molecule has 19 heavy (non-hydrogen) atoms. The van der Waals surface area contributed by atoms with Crippen LogP contribution in [0.4, 0.5) is 0 Å². The van der Waals surface area contributed by atoms with Crippen LogP contribution in [0.5, 0.6) is 0 Å². The van der Waals surface area contributed by atoms with Gasteiger partial charge in [-0.2, -0.15) is 5.10 Å². The van der Waals surface area contributed by atoms with Crippen molar-refractivity contribution in [3.05, 3.63) is 16.3 Å². The molecule has 0 saturated heterocycles. The largest absolute Gasteiger partial charge is 0.345 e. The van der Waals surface area contributed by atoms with Crippen molar-refractivity contribution in [3.8, 4) is 0 Å². The third-order valence-corrected chi connectivity index (χ3v) is 4.13. The first-order chi connectivity index (χ1) is 8.97. The molecular weight excluding hydrogens is 268 g/mol. The average Bonchev–Trinajstić information content (AvgIpc) is 2.65. The van der Waals surface area contributed by atoms with Gasteiger partial charge in [-0.25, -0.2) is 17.9 Å². The van der Waals surface area contributed by atoms with Gasteiger partial charge in [0.2, 0.25) is 0 Å². The Hall–Kier alpha value is -1.15. The van der Waals surface area contributed by atoms with E-state index in [1.807, 2.05) is 0 Å². The quantitative estimate of drug-likeness (QED) is 0.680. The van der Waals surface area contributed by atoms with E-state index < -0.39 is 9.84 Å². The summed E-state index contributed by atoms with van der Waals surface area (Å²) in [5.74, 6) is 0.981. The van der Waals surface area contributed by atoms with Crippen molar-refractivity contribution in [2.75, 3.05) is 25.1 Å². The summed E-state index contributed by atoms with van der Waals surface area (Å²) in [5, 5.41) is 7.32. The summed E-state index contributed by atoms with van der Waals surface area (Å²) in [5.41, 5.74) is -0.0559. The number of sulfone groups is 1. The fourth-order valence-corrected chi connectivity index (χ4v) is 2.68. The van der Waals surface area contributed by atoms with Crippen LogP contribution in [0.2, 0.25) is 0 Å². The maximum absolute atomic E-state index is 12.0. The Bertz CT molecular complexity index is 588. The summed E-state index contributed by atoms with van der Waals surface area (Å²) in [6.45, 7) is 2.19. The lowest BCUT2D eigenvalue weighted by atomic mass is 10.2. The van der Waals surface area contributed by atoms with Gasteiger partial charge >= 0.3 is 5.69 Å². The van der Waals surface area contributed by atoms with E-state index in [2.05, 4.69) is 10.4 Å². The second-order valence-corrected chi connectivity index (χ2v) is 7.17. The summed E-state index contributed by atoms with van der Waals surface area (Å²) >= 11 is 0. The first kappa shape index (κ1) is 14.3. The normalized spacial score (nSPS) is 15.4. The minimum Gasteiger partial charge on any atom is -0.314 e. The van der Waals surface area contributed by atoms with E-state index in [0.29, 0.717) is 19.6 Å². The molecule has 0 aliphatic carbocycles. The third-order valence-electron chi connectivity index (χ3n) is 3.18. The predicted octanol–water partition coefficient (Wildman–Crippen LogP) is -0.985. The summed E-state index contributed by atoms with van der Waals surface area (Å²) in [7, 11) is -2.93. The smallest absolute Gasteiger partial charge is 0.314 e. The Labute approximate surface area is 112 Å². The number of nitrogens with zero attached hydrogens (tertiary/aromatic N) is 3. The van der Waals surface area contributed by atoms with E-state index >= 15 is 0 Å². The number of nitrogens with one attached hydrogen (secondary N) is 1. The highest BCUT2D eigenvalue weighted by molar-refractivity contribution is 7.90. The molecule has 1 aromatic rings. The first-order valence-corrected chi connectivity index (χ1v) is 8.58. The highest BCUT2D eigenvalue weighted by Gasteiger charge is 2.15. The zero-order valence-corrected chi connectivity index (χ0v) is 11.9. The molecule has 108 valence electrons. The van der Waals surface area contributed by atoms with E-state index in [1.165, 1.54) is 10.9 Å². The number of hydrogen-bond donors (Lipinski definition) is 1. The first-order valence-electron chi connectivity index (χ1n) is 6.52. The van der Waals surface area contributed by atoms with Crippen LogP contribution in [0.15, 0.2) is 4.79 Å². The summed E-state index contributed by atoms with van der Waals surface area (Å²) in [6.07, 6.45) is 4.20. The topological polar surface area (TPSA) is 86.0 Å². The van der Waals surface area contributed by atoms with Crippen LogP contribution in [-0.2, 0) is 29.3 Å². The van der Waals surface area contributed by atoms with Crippen molar-refractivity contribution in [2.45, 2.75) is 32.4 Å². The molecule has 0 saturated carbocycles. The zero-order valence-electron chi connectivity index (χ0n) is 11.1.